The highest BCUT2D eigenvalue weighted by atomic mass is 16.3. The second-order valence-corrected chi connectivity index (χ2v) is 4.30. The normalized spacial score (nSPS) is 12.8. The second kappa shape index (κ2) is 5.82. The van der Waals surface area contributed by atoms with E-state index in [-0.39, 0.29) is 6.04 Å². The Morgan fingerprint density at radius 3 is 2.89 bits per heavy atom. The zero-order chi connectivity index (χ0) is 13.0. The van der Waals surface area contributed by atoms with Gasteiger partial charge in [-0.25, -0.2) is 4.68 Å². The third-order valence-electron chi connectivity index (χ3n) is 3.00. The molecule has 5 heteroatoms. The molecule has 0 saturated carbocycles. The molecule has 18 heavy (non-hydrogen) atoms. The molecule has 1 N–H and O–H groups in total. The first-order valence-corrected chi connectivity index (χ1v) is 6.43. The molecule has 0 aromatic carbocycles. The number of nitrogens with one attached hydrogen (secondary N) is 1. The SMILES string of the molecule is CCCn1nncc1C(NCC)c1ccoc1C. The van der Waals surface area contributed by atoms with Gasteiger partial charge < -0.3 is 9.73 Å². The Balaban J connectivity index is 2.35. The van der Waals surface area contributed by atoms with Gasteiger partial charge in [0, 0.05) is 12.1 Å². The highest BCUT2D eigenvalue weighted by molar-refractivity contribution is 5.28. The molecule has 0 aliphatic heterocycles. The molecular weight excluding hydrogens is 228 g/mol. The average molecular weight is 248 g/mol. The molecule has 0 bridgehead atoms. The number of rotatable bonds is 6. The van der Waals surface area contributed by atoms with Gasteiger partial charge in [-0.1, -0.05) is 19.1 Å². The summed E-state index contributed by atoms with van der Waals surface area (Å²) in [7, 11) is 0. The van der Waals surface area contributed by atoms with Crippen LogP contribution in [0.5, 0.6) is 0 Å². The van der Waals surface area contributed by atoms with Gasteiger partial charge >= 0.3 is 0 Å². The van der Waals surface area contributed by atoms with E-state index in [0.717, 1.165) is 36.5 Å². The Hall–Kier alpha value is -1.62. The Morgan fingerprint density at radius 1 is 1.44 bits per heavy atom. The first kappa shape index (κ1) is 12.8. The summed E-state index contributed by atoms with van der Waals surface area (Å²) in [6.07, 6.45) is 4.60. The molecule has 1 atom stereocenters. The quantitative estimate of drug-likeness (QED) is 0.852. The maximum absolute atomic E-state index is 5.40. The molecule has 0 amide bonds. The molecule has 1 unspecified atom stereocenters. The lowest BCUT2D eigenvalue weighted by Crippen LogP contribution is -2.25. The van der Waals surface area contributed by atoms with Gasteiger partial charge in [0.05, 0.1) is 24.2 Å². The lowest BCUT2D eigenvalue weighted by Gasteiger charge is -2.18. The summed E-state index contributed by atoms with van der Waals surface area (Å²) < 4.78 is 7.36. The van der Waals surface area contributed by atoms with Crippen molar-refractivity contribution in [2.24, 2.45) is 0 Å². The largest absolute Gasteiger partial charge is 0.469 e. The third-order valence-corrected chi connectivity index (χ3v) is 3.00. The average Bonchev–Trinajstić information content (AvgIpc) is 2.96. The van der Waals surface area contributed by atoms with Crippen molar-refractivity contribution < 1.29 is 4.42 Å². The first-order chi connectivity index (χ1) is 8.77. The molecule has 0 fully saturated rings. The minimum atomic E-state index is 0.0929. The summed E-state index contributed by atoms with van der Waals surface area (Å²) in [5.74, 6) is 0.935. The fourth-order valence-electron chi connectivity index (χ4n) is 2.15. The lowest BCUT2D eigenvalue weighted by molar-refractivity contribution is 0.494. The van der Waals surface area contributed by atoms with Gasteiger partial charge in [-0.2, -0.15) is 0 Å². The van der Waals surface area contributed by atoms with Crippen LogP contribution in [0, 0.1) is 6.92 Å². The smallest absolute Gasteiger partial charge is 0.105 e. The molecule has 5 nitrogen and oxygen atoms in total. The van der Waals surface area contributed by atoms with E-state index in [4.69, 9.17) is 4.42 Å². The minimum absolute atomic E-state index is 0.0929. The van der Waals surface area contributed by atoms with Crippen LogP contribution >= 0.6 is 0 Å². The van der Waals surface area contributed by atoms with E-state index in [1.807, 2.05) is 23.9 Å². The molecule has 2 aromatic heterocycles. The van der Waals surface area contributed by atoms with Crippen LogP contribution in [0.25, 0.3) is 0 Å². The Morgan fingerprint density at radius 2 is 2.28 bits per heavy atom. The van der Waals surface area contributed by atoms with Crippen LogP contribution in [-0.2, 0) is 6.54 Å². The van der Waals surface area contributed by atoms with E-state index < -0.39 is 0 Å². The van der Waals surface area contributed by atoms with Gasteiger partial charge in [-0.05, 0) is 26.0 Å². The molecule has 2 heterocycles. The van der Waals surface area contributed by atoms with Crippen LogP contribution in [0.1, 0.15) is 43.3 Å². The highest BCUT2D eigenvalue weighted by Crippen LogP contribution is 2.25. The number of hydrogen-bond donors (Lipinski definition) is 1. The monoisotopic (exact) mass is 248 g/mol. The van der Waals surface area contributed by atoms with Gasteiger partial charge in [-0.3, -0.25) is 0 Å². The molecule has 2 rings (SSSR count). The summed E-state index contributed by atoms with van der Waals surface area (Å²) >= 11 is 0. The van der Waals surface area contributed by atoms with Crippen molar-refractivity contribution in [3.05, 3.63) is 35.5 Å². The van der Waals surface area contributed by atoms with Crippen molar-refractivity contribution in [2.75, 3.05) is 6.54 Å². The van der Waals surface area contributed by atoms with Gasteiger partial charge in [0.2, 0.25) is 0 Å². The molecule has 0 spiro atoms. The topological polar surface area (TPSA) is 55.9 Å². The summed E-state index contributed by atoms with van der Waals surface area (Å²) in [4.78, 5) is 0. The maximum Gasteiger partial charge on any atom is 0.105 e. The summed E-state index contributed by atoms with van der Waals surface area (Å²) in [5, 5.41) is 11.6. The van der Waals surface area contributed by atoms with E-state index >= 15 is 0 Å². The highest BCUT2D eigenvalue weighted by Gasteiger charge is 2.21. The predicted octanol–water partition coefficient (Wildman–Crippen LogP) is 2.29. The van der Waals surface area contributed by atoms with Gasteiger partial charge in [0.15, 0.2) is 0 Å². The molecule has 0 saturated heterocycles. The van der Waals surface area contributed by atoms with Gasteiger partial charge in [-0.15, -0.1) is 5.10 Å². The standard InChI is InChI=1S/C13H20N4O/c1-4-7-17-12(9-15-16-17)13(14-5-2)11-6-8-18-10(11)3/h6,8-9,13-14H,4-5,7H2,1-3H3. The zero-order valence-corrected chi connectivity index (χ0v) is 11.2. The second-order valence-electron chi connectivity index (χ2n) is 4.30. The van der Waals surface area contributed by atoms with Crippen LogP contribution in [0.2, 0.25) is 0 Å². The van der Waals surface area contributed by atoms with E-state index in [9.17, 15) is 0 Å². The van der Waals surface area contributed by atoms with Crippen molar-refractivity contribution in [1.29, 1.82) is 0 Å². The van der Waals surface area contributed by atoms with E-state index in [1.165, 1.54) is 0 Å². The van der Waals surface area contributed by atoms with Gasteiger partial charge in [0.1, 0.15) is 5.76 Å². The van der Waals surface area contributed by atoms with Gasteiger partial charge in [0.25, 0.3) is 0 Å². The Kier molecular flexibility index (Phi) is 4.15. The number of aromatic nitrogens is 3. The number of furan rings is 1. The number of hydrogen-bond acceptors (Lipinski definition) is 4. The van der Waals surface area contributed by atoms with Crippen molar-refractivity contribution in [3.63, 3.8) is 0 Å². The van der Waals surface area contributed by atoms with Crippen molar-refractivity contribution in [1.82, 2.24) is 20.3 Å². The van der Waals surface area contributed by atoms with Crippen LogP contribution in [0.3, 0.4) is 0 Å². The lowest BCUT2D eigenvalue weighted by atomic mass is 10.0. The van der Waals surface area contributed by atoms with E-state index in [1.54, 1.807) is 6.26 Å². The van der Waals surface area contributed by atoms with E-state index in [2.05, 4.69) is 29.5 Å². The molecule has 0 radical (unpaired) electrons. The Labute approximate surface area is 107 Å². The van der Waals surface area contributed by atoms with E-state index in [0.29, 0.717) is 0 Å². The maximum atomic E-state index is 5.40. The summed E-state index contributed by atoms with van der Waals surface area (Å²) in [5.41, 5.74) is 2.24. The van der Waals surface area contributed by atoms with Crippen LogP contribution in [-0.4, -0.2) is 21.5 Å². The molecule has 2 aromatic rings. The fraction of sp³-hybridized carbons (Fsp3) is 0.538. The van der Waals surface area contributed by atoms with Crippen molar-refractivity contribution >= 4 is 0 Å². The van der Waals surface area contributed by atoms with Crippen LogP contribution < -0.4 is 5.32 Å². The zero-order valence-electron chi connectivity index (χ0n) is 11.2. The first-order valence-electron chi connectivity index (χ1n) is 6.43. The molecule has 98 valence electrons. The molecule has 0 aliphatic rings. The van der Waals surface area contributed by atoms with Crippen molar-refractivity contribution in [3.8, 4) is 0 Å². The predicted molar refractivity (Wildman–Crippen MR) is 69.3 cm³/mol. The third kappa shape index (κ3) is 2.46. The molecule has 0 aliphatic carbocycles. The van der Waals surface area contributed by atoms with Crippen molar-refractivity contribution in [2.45, 2.75) is 39.8 Å². The van der Waals surface area contributed by atoms with Crippen LogP contribution in [0.4, 0.5) is 0 Å². The minimum Gasteiger partial charge on any atom is -0.469 e. The van der Waals surface area contributed by atoms with Crippen LogP contribution in [0.15, 0.2) is 22.9 Å². The Bertz CT molecular complexity index is 489. The molecular formula is C13H20N4O. The summed E-state index contributed by atoms with van der Waals surface area (Å²) in [6.45, 7) is 7.97. The number of nitrogens with zero attached hydrogens (tertiary/aromatic N) is 3. The summed E-state index contributed by atoms with van der Waals surface area (Å²) in [6, 6.07) is 2.10. The fourth-order valence-corrected chi connectivity index (χ4v) is 2.15. The number of aryl methyl sites for hydroxylation is 2.